The van der Waals surface area contributed by atoms with Crippen molar-refractivity contribution in [2.75, 3.05) is 13.6 Å². The highest BCUT2D eigenvalue weighted by molar-refractivity contribution is 7.89. The summed E-state index contributed by atoms with van der Waals surface area (Å²) in [5.74, 6) is 1.17. The van der Waals surface area contributed by atoms with E-state index in [1.165, 1.54) is 4.31 Å². The van der Waals surface area contributed by atoms with E-state index in [1.807, 2.05) is 6.92 Å². The molecule has 1 aromatic rings. The van der Waals surface area contributed by atoms with Crippen LogP contribution < -0.4 is 5.73 Å². The summed E-state index contributed by atoms with van der Waals surface area (Å²) in [6, 6.07) is 6.76. The van der Waals surface area contributed by atoms with Gasteiger partial charge in [-0.2, -0.15) is 0 Å². The van der Waals surface area contributed by atoms with Gasteiger partial charge in [0.15, 0.2) is 0 Å². The zero-order valence-corrected chi connectivity index (χ0v) is 12.5. The maximum Gasteiger partial charge on any atom is 0.242 e. The fourth-order valence-corrected chi connectivity index (χ4v) is 3.43. The molecule has 0 aliphatic heterocycles. The SMILES string of the molecule is CC(N)c1ccc(S(=O)(=O)N(C)CC2CC2C)cc1. The maximum absolute atomic E-state index is 12.4. The molecular weight excluding hydrogens is 260 g/mol. The molecule has 0 heterocycles. The third kappa shape index (κ3) is 3.16. The molecule has 3 atom stereocenters. The van der Waals surface area contributed by atoms with Crippen molar-refractivity contribution in [3.8, 4) is 0 Å². The number of hydrogen-bond acceptors (Lipinski definition) is 3. The third-order valence-electron chi connectivity index (χ3n) is 3.88. The number of rotatable bonds is 5. The number of benzene rings is 1. The van der Waals surface area contributed by atoms with Gasteiger partial charge in [-0.25, -0.2) is 12.7 Å². The van der Waals surface area contributed by atoms with E-state index < -0.39 is 10.0 Å². The molecule has 5 heteroatoms. The highest BCUT2D eigenvalue weighted by Crippen LogP contribution is 2.38. The second kappa shape index (κ2) is 5.23. The molecule has 2 rings (SSSR count). The molecule has 1 aliphatic rings. The molecule has 1 aromatic carbocycles. The minimum atomic E-state index is -3.37. The van der Waals surface area contributed by atoms with E-state index in [2.05, 4.69) is 6.92 Å². The summed E-state index contributed by atoms with van der Waals surface area (Å²) < 4.78 is 26.2. The summed E-state index contributed by atoms with van der Waals surface area (Å²) in [6.07, 6.45) is 1.13. The summed E-state index contributed by atoms with van der Waals surface area (Å²) >= 11 is 0. The molecule has 4 nitrogen and oxygen atoms in total. The predicted molar refractivity (Wildman–Crippen MR) is 76.1 cm³/mol. The van der Waals surface area contributed by atoms with Crippen LogP contribution in [0.2, 0.25) is 0 Å². The Balaban J connectivity index is 2.14. The first-order valence-electron chi connectivity index (χ1n) is 6.64. The Morgan fingerprint density at radius 2 is 1.89 bits per heavy atom. The lowest BCUT2D eigenvalue weighted by atomic mass is 10.1. The first-order valence-corrected chi connectivity index (χ1v) is 8.08. The largest absolute Gasteiger partial charge is 0.324 e. The molecule has 0 radical (unpaired) electrons. The number of hydrogen-bond donors (Lipinski definition) is 1. The zero-order valence-electron chi connectivity index (χ0n) is 11.7. The Morgan fingerprint density at radius 1 is 1.37 bits per heavy atom. The van der Waals surface area contributed by atoms with Gasteiger partial charge in [-0.1, -0.05) is 19.1 Å². The molecule has 0 saturated heterocycles. The van der Waals surface area contributed by atoms with Crippen LogP contribution >= 0.6 is 0 Å². The summed E-state index contributed by atoms with van der Waals surface area (Å²) in [7, 11) is -1.71. The Bertz CT molecular complexity index is 537. The molecule has 2 N–H and O–H groups in total. The van der Waals surface area contributed by atoms with Crippen molar-refractivity contribution in [2.45, 2.75) is 31.2 Å². The molecule has 0 aromatic heterocycles. The van der Waals surface area contributed by atoms with Gasteiger partial charge < -0.3 is 5.73 Å². The highest BCUT2D eigenvalue weighted by Gasteiger charge is 2.36. The van der Waals surface area contributed by atoms with Gasteiger partial charge in [-0.3, -0.25) is 0 Å². The van der Waals surface area contributed by atoms with Crippen molar-refractivity contribution < 1.29 is 8.42 Å². The first-order chi connectivity index (χ1) is 8.82. The van der Waals surface area contributed by atoms with Crippen LogP contribution in [0.25, 0.3) is 0 Å². The quantitative estimate of drug-likeness (QED) is 0.898. The summed E-state index contributed by atoms with van der Waals surface area (Å²) in [5.41, 5.74) is 6.70. The second-order valence-corrected chi connectivity index (χ2v) is 7.66. The molecule has 0 spiro atoms. The molecular formula is C14H22N2O2S. The van der Waals surface area contributed by atoms with E-state index in [4.69, 9.17) is 5.73 Å². The van der Waals surface area contributed by atoms with Crippen molar-refractivity contribution in [1.82, 2.24) is 4.31 Å². The topological polar surface area (TPSA) is 63.4 Å². The summed E-state index contributed by atoms with van der Waals surface area (Å²) in [4.78, 5) is 0.340. The van der Waals surface area contributed by atoms with Gasteiger partial charge in [0.25, 0.3) is 0 Å². The molecule has 106 valence electrons. The lowest BCUT2D eigenvalue weighted by Crippen LogP contribution is -2.29. The Labute approximate surface area is 115 Å². The van der Waals surface area contributed by atoms with Crippen LogP contribution in [0, 0.1) is 11.8 Å². The van der Waals surface area contributed by atoms with Crippen LogP contribution in [0.3, 0.4) is 0 Å². The van der Waals surface area contributed by atoms with Crippen molar-refractivity contribution in [2.24, 2.45) is 17.6 Å². The fraction of sp³-hybridized carbons (Fsp3) is 0.571. The van der Waals surface area contributed by atoms with Crippen molar-refractivity contribution in [3.63, 3.8) is 0 Å². The minimum Gasteiger partial charge on any atom is -0.324 e. The van der Waals surface area contributed by atoms with E-state index in [0.29, 0.717) is 23.3 Å². The molecule has 1 saturated carbocycles. The number of nitrogens with zero attached hydrogens (tertiary/aromatic N) is 1. The molecule has 0 bridgehead atoms. The minimum absolute atomic E-state index is 0.0817. The average molecular weight is 282 g/mol. The van der Waals surface area contributed by atoms with Gasteiger partial charge in [0.05, 0.1) is 4.90 Å². The number of nitrogens with two attached hydrogens (primary N) is 1. The van der Waals surface area contributed by atoms with Gasteiger partial charge in [0.1, 0.15) is 0 Å². The summed E-state index contributed by atoms with van der Waals surface area (Å²) in [5, 5.41) is 0. The monoisotopic (exact) mass is 282 g/mol. The van der Waals surface area contributed by atoms with Crippen LogP contribution in [0.1, 0.15) is 31.9 Å². The van der Waals surface area contributed by atoms with Gasteiger partial charge in [0, 0.05) is 19.6 Å². The standard InChI is InChI=1S/C14H22N2O2S/c1-10-8-13(10)9-16(3)19(17,18)14-6-4-12(5-7-14)11(2)15/h4-7,10-11,13H,8-9,15H2,1-3H3. The van der Waals surface area contributed by atoms with E-state index in [9.17, 15) is 8.42 Å². The maximum atomic E-state index is 12.4. The zero-order chi connectivity index (χ0) is 14.2. The number of sulfonamides is 1. The van der Waals surface area contributed by atoms with Crippen molar-refractivity contribution >= 4 is 10.0 Å². The van der Waals surface area contributed by atoms with Crippen molar-refractivity contribution in [3.05, 3.63) is 29.8 Å². The van der Waals surface area contributed by atoms with E-state index in [0.717, 1.165) is 12.0 Å². The lowest BCUT2D eigenvalue weighted by molar-refractivity contribution is 0.444. The highest BCUT2D eigenvalue weighted by atomic mass is 32.2. The van der Waals surface area contributed by atoms with Crippen LogP contribution in [0.4, 0.5) is 0 Å². The molecule has 0 amide bonds. The van der Waals surface area contributed by atoms with E-state index >= 15 is 0 Å². The van der Waals surface area contributed by atoms with Crippen LogP contribution in [0.15, 0.2) is 29.2 Å². The molecule has 3 unspecified atom stereocenters. The summed E-state index contributed by atoms with van der Waals surface area (Å²) in [6.45, 7) is 4.64. The first kappa shape index (κ1) is 14.5. The Kier molecular flexibility index (Phi) is 3.99. The van der Waals surface area contributed by atoms with Crippen LogP contribution in [0.5, 0.6) is 0 Å². The van der Waals surface area contributed by atoms with E-state index in [1.54, 1.807) is 31.3 Å². The Morgan fingerprint density at radius 3 is 2.32 bits per heavy atom. The molecule has 1 aliphatic carbocycles. The molecule has 19 heavy (non-hydrogen) atoms. The Hall–Kier alpha value is -0.910. The van der Waals surface area contributed by atoms with Crippen LogP contribution in [-0.4, -0.2) is 26.3 Å². The average Bonchev–Trinajstić information content (AvgIpc) is 3.04. The smallest absolute Gasteiger partial charge is 0.242 e. The van der Waals surface area contributed by atoms with E-state index in [-0.39, 0.29) is 6.04 Å². The normalized spacial score (nSPS) is 24.5. The lowest BCUT2D eigenvalue weighted by Gasteiger charge is -2.17. The van der Waals surface area contributed by atoms with Gasteiger partial charge in [-0.15, -0.1) is 0 Å². The third-order valence-corrected chi connectivity index (χ3v) is 5.72. The fourth-order valence-electron chi connectivity index (χ4n) is 2.21. The van der Waals surface area contributed by atoms with Crippen LogP contribution in [-0.2, 0) is 10.0 Å². The molecule has 1 fully saturated rings. The predicted octanol–water partition coefficient (Wildman–Crippen LogP) is 1.98. The van der Waals surface area contributed by atoms with Gasteiger partial charge in [-0.05, 0) is 42.9 Å². The second-order valence-electron chi connectivity index (χ2n) is 5.62. The van der Waals surface area contributed by atoms with Gasteiger partial charge >= 0.3 is 0 Å². The van der Waals surface area contributed by atoms with Crippen molar-refractivity contribution in [1.29, 1.82) is 0 Å². The van der Waals surface area contributed by atoms with Gasteiger partial charge in [0.2, 0.25) is 10.0 Å².